The first-order valence-electron chi connectivity index (χ1n) is 5.51. The predicted molar refractivity (Wildman–Crippen MR) is 53.8 cm³/mol. The molecule has 1 aliphatic rings. The van der Waals surface area contributed by atoms with E-state index in [1.165, 1.54) is 13.3 Å². The van der Waals surface area contributed by atoms with Crippen LogP contribution in [0.2, 0.25) is 0 Å². The molecular formula is C11H20O3. The molecule has 2 atom stereocenters. The molecule has 3 heteroatoms. The second-order valence-corrected chi connectivity index (χ2v) is 4.09. The first-order chi connectivity index (χ1) is 6.70. The van der Waals surface area contributed by atoms with Crippen molar-refractivity contribution < 1.29 is 14.6 Å². The molecule has 0 aromatic rings. The van der Waals surface area contributed by atoms with Crippen molar-refractivity contribution in [2.75, 3.05) is 6.61 Å². The van der Waals surface area contributed by atoms with Gasteiger partial charge in [0, 0.05) is 6.92 Å². The number of hydrogen-bond donors (Lipinski definition) is 1. The Labute approximate surface area is 85.5 Å². The van der Waals surface area contributed by atoms with Crippen LogP contribution in [0.3, 0.4) is 0 Å². The van der Waals surface area contributed by atoms with E-state index in [1.54, 1.807) is 0 Å². The van der Waals surface area contributed by atoms with Gasteiger partial charge in [-0.15, -0.1) is 0 Å². The van der Waals surface area contributed by atoms with Gasteiger partial charge in [-0.25, -0.2) is 0 Å². The van der Waals surface area contributed by atoms with E-state index < -0.39 is 0 Å². The summed E-state index contributed by atoms with van der Waals surface area (Å²) < 4.78 is 4.85. The standard InChI is InChI=1S/C11H20O3/c1-9(12)14-8-4-6-10-5-2-3-7-11(10)13/h10-11,13H,2-8H2,1H3. The maximum Gasteiger partial charge on any atom is 0.302 e. The van der Waals surface area contributed by atoms with Crippen molar-refractivity contribution in [2.45, 2.75) is 51.6 Å². The Balaban J connectivity index is 2.07. The zero-order valence-electron chi connectivity index (χ0n) is 8.87. The predicted octanol–water partition coefficient (Wildman–Crippen LogP) is 1.88. The van der Waals surface area contributed by atoms with Crippen LogP contribution in [0.15, 0.2) is 0 Å². The molecule has 1 fully saturated rings. The molecule has 2 unspecified atom stereocenters. The van der Waals surface area contributed by atoms with Crippen molar-refractivity contribution in [3.05, 3.63) is 0 Å². The lowest BCUT2D eigenvalue weighted by Gasteiger charge is -2.27. The number of aliphatic hydroxyl groups excluding tert-OH is 1. The smallest absolute Gasteiger partial charge is 0.302 e. The summed E-state index contributed by atoms with van der Waals surface area (Å²) in [5, 5.41) is 9.67. The van der Waals surface area contributed by atoms with Crippen LogP contribution in [0.4, 0.5) is 0 Å². The molecule has 0 aromatic heterocycles. The van der Waals surface area contributed by atoms with Gasteiger partial charge in [0.05, 0.1) is 12.7 Å². The SMILES string of the molecule is CC(=O)OCCCC1CCCCC1O. The molecule has 0 saturated heterocycles. The summed E-state index contributed by atoms with van der Waals surface area (Å²) in [7, 11) is 0. The fraction of sp³-hybridized carbons (Fsp3) is 0.909. The van der Waals surface area contributed by atoms with Crippen molar-refractivity contribution in [2.24, 2.45) is 5.92 Å². The highest BCUT2D eigenvalue weighted by molar-refractivity contribution is 5.65. The van der Waals surface area contributed by atoms with Crippen molar-refractivity contribution in [1.82, 2.24) is 0 Å². The summed E-state index contributed by atoms with van der Waals surface area (Å²) in [6.07, 6.45) is 6.19. The van der Waals surface area contributed by atoms with Crippen molar-refractivity contribution in [1.29, 1.82) is 0 Å². The summed E-state index contributed by atoms with van der Waals surface area (Å²) in [4.78, 5) is 10.5. The Morgan fingerprint density at radius 2 is 2.14 bits per heavy atom. The van der Waals surface area contributed by atoms with Crippen molar-refractivity contribution >= 4 is 5.97 Å². The molecule has 82 valence electrons. The molecule has 1 aliphatic carbocycles. The van der Waals surface area contributed by atoms with Crippen LogP contribution in [0.25, 0.3) is 0 Å². The van der Waals surface area contributed by atoms with Crippen LogP contribution < -0.4 is 0 Å². The van der Waals surface area contributed by atoms with Gasteiger partial charge in [0.15, 0.2) is 0 Å². The van der Waals surface area contributed by atoms with E-state index in [2.05, 4.69) is 0 Å². The highest BCUT2D eigenvalue weighted by Crippen LogP contribution is 2.27. The van der Waals surface area contributed by atoms with Crippen LogP contribution in [-0.4, -0.2) is 23.8 Å². The zero-order chi connectivity index (χ0) is 10.4. The van der Waals surface area contributed by atoms with Gasteiger partial charge in [-0.05, 0) is 31.6 Å². The number of rotatable bonds is 4. The largest absolute Gasteiger partial charge is 0.466 e. The minimum absolute atomic E-state index is 0.124. The van der Waals surface area contributed by atoms with Gasteiger partial charge >= 0.3 is 5.97 Å². The number of aliphatic hydroxyl groups is 1. The van der Waals surface area contributed by atoms with Gasteiger partial charge in [-0.2, -0.15) is 0 Å². The molecule has 1 saturated carbocycles. The molecule has 0 amide bonds. The monoisotopic (exact) mass is 200 g/mol. The first kappa shape index (κ1) is 11.5. The maximum atomic E-state index is 10.5. The van der Waals surface area contributed by atoms with Crippen LogP contribution in [0.5, 0.6) is 0 Å². The number of esters is 1. The van der Waals surface area contributed by atoms with Gasteiger partial charge in [0.1, 0.15) is 0 Å². The zero-order valence-corrected chi connectivity index (χ0v) is 8.87. The molecule has 14 heavy (non-hydrogen) atoms. The fourth-order valence-electron chi connectivity index (χ4n) is 2.09. The van der Waals surface area contributed by atoms with Gasteiger partial charge in [-0.1, -0.05) is 12.8 Å². The van der Waals surface area contributed by atoms with Crippen LogP contribution in [0.1, 0.15) is 45.4 Å². The van der Waals surface area contributed by atoms with E-state index in [-0.39, 0.29) is 12.1 Å². The molecule has 1 N–H and O–H groups in total. The van der Waals surface area contributed by atoms with Gasteiger partial charge in [0.2, 0.25) is 0 Å². The van der Waals surface area contributed by atoms with Gasteiger partial charge < -0.3 is 9.84 Å². The average Bonchev–Trinajstić information content (AvgIpc) is 2.15. The summed E-state index contributed by atoms with van der Waals surface area (Å²) in [5.41, 5.74) is 0. The summed E-state index contributed by atoms with van der Waals surface area (Å²) >= 11 is 0. The Kier molecular flexibility index (Phi) is 4.94. The quantitative estimate of drug-likeness (QED) is 0.556. The Morgan fingerprint density at radius 3 is 2.79 bits per heavy atom. The third-order valence-corrected chi connectivity index (χ3v) is 2.89. The normalized spacial score (nSPS) is 27.3. The minimum Gasteiger partial charge on any atom is -0.466 e. The average molecular weight is 200 g/mol. The highest BCUT2D eigenvalue weighted by Gasteiger charge is 2.22. The lowest BCUT2D eigenvalue weighted by atomic mass is 9.84. The van der Waals surface area contributed by atoms with Gasteiger partial charge in [-0.3, -0.25) is 4.79 Å². The van der Waals surface area contributed by atoms with Gasteiger partial charge in [0.25, 0.3) is 0 Å². The molecule has 0 heterocycles. The minimum atomic E-state index is -0.214. The van der Waals surface area contributed by atoms with E-state index in [0.717, 1.165) is 32.1 Å². The molecule has 0 spiro atoms. The Morgan fingerprint density at radius 1 is 1.43 bits per heavy atom. The topological polar surface area (TPSA) is 46.5 Å². The van der Waals surface area contributed by atoms with E-state index in [4.69, 9.17) is 4.74 Å². The second kappa shape index (κ2) is 6.02. The number of carbonyl (C=O) groups is 1. The number of carbonyl (C=O) groups excluding carboxylic acids is 1. The molecule has 1 rings (SSSR count). The second-order valence-electron chi connectivity index (χ2n) is 4.09. The molecule has 0 radical (unpaired) electrons. The van der Waals surface area contributed by atoms with E-state index in [9.17, 15) is 9.90 Å². The fourth-order valence-corrected chi connectivity index (χ4v) is 2.09. The van der Waals surface area contributed by atoms with E-state index in [0.29, 0.717) is 12.5 Å². The third-order valence-electron chi connectivity index (χ3n) is 2.89. The van der Waals surface area contributed by atoms with Crippen molar-refractivity contribution in [3.8, 4) is 0 Å². The molecule has 0 bridgehead atoms. The van der Waals surface area contributed by atoms with Crippen LogP contribution in [-0.2, 0) is 9.53 Å². The third kappa shape index (κ3) is 4.09. The number of hydrogen-bond acceptors (Lipinski definition) is 3. The summed E-state index contributed by atoms with van der Waals surface area (Å²) in [6, 6.07) is 0. The van der Waals surface area contributed by atoms with Crippen LogP contribution in [0, 0.1) is 5.92 Å². The lowest BCUT2D eigenvalue weighted by Crippen LogP contribution is -2.24. The Bertz CT molecular complexity index is 179. The molecule has 3 nitrogen and oxygen atoms in total. The summed E-state index contributed by atoms with van der Waals surface area (Å²) in [6.45, 7) is 1.92. The van der Waals surface area contributed by atoms with Crippen molar-refractivity contribution in [3.63, 3.8) is 0 Å². The summed E-state index contributed by atoms with van der Waals surface area (Å²) in [5.74, 6) is 0.216. The lowest BCUT2D eigenvalue weighted by molar-refractivity contribution is -0.141. The maximum absolute atomic E-state index is 10.5. The van der Waals surface area contributed by atoms with E-state index in [1.807, 2.05) is 0 Å². The van der Waals surface area contributed by atoms with Crippen LogP contribution >= 0.6 is 0 Å². The first-order valence-corrected chi connectivity index (χ1v) is 5.51. The Hall–Kier alpha value is -0.570. The highest BCUT2D eigenvalue weighted by atomic mass is 16.5. The molecular weight excluding hydrogens is 180 g/mol. The molecule has 0 aromatic carbocycles. The molecule has 0 aliphatic heterocycles. The number of ether oxygens (including phenoxy) is 1. The van der Waals surface area contributed by atoms with E-state index >= 15 is 0 Å².